The average Bonchev–Trinajstić information content (AvgIpc) is 1.41. The molecule has 0 nitrogen and oxygen atoms in total. The Hall–Kier alpha value is 1.12. The summed E-state index contributed by atoms with van der Waals surface area (Å²) < 4.78 is 0. The van der Waals surface area contributed by atoms with Crippen molar-refractivity contribution in [1.29, 1.82) is 0 Å². The Morgan fingerprint density at radius 3 is 2.00 bits per heavy atom. The van der Waals surface area contributed by atoms with Gasteiger partial charge < -0.3 is 0 Å². The van der Waals surface area contributed by atoms with E-state index in [-0.39, 0.29) is 18.9 Å². The molecular weight excluding hydrogens is 119 g/mol. The van der Waals surface area contributed by atoms with Crippen LogP contribution in [0, 0.1) is 0 Å². The van der Waals surface area contributed by atoms with Crippen LogP contribution >= 0.6 is 0 Å². The minimum atomic E-state index is 0. The molecule has 0 unspecified atom stereocenters. The van der Waals surface area contributed by atoms with Crippen LogP contribution in [0.2, 0.25) is 11.1 Å². The zero-order valence-electron chi connectivity index (χ0n) is 3.72. The van der Waals surface area contributed by atoms with Gasteiger partial charge in [0.1, 0.15) is 0 Å². The fraction of sp³-hybridized carbons (Fsp3) is 1.00. The number of hydrogen-bond donors (Lipinski definition) is 0. The molecular formula is C4H11CuLi. The van der Waals surface area contributed by atoms with Gasteiger partial charge in [0, 0.05) is 0 Å². The predicted molar refractivity (Wildman–Crippen MR) is 28.1 cm³/mol. The molecule has 2 heteroatoms. The van der Waals surface area contributed by atoms with Crippen LogP contribution in [0.15, 0.2) is 0 Å². The van der Waals surface area contributed by atoms with Crippen molar-refractivity contribution in [2.45, 2.75) is 24.5 Å². The van der Waals surface area contributed by atoms with Crippen molar-refractivity contribution in [2.75, 3.05) is 0 Å². The molecule has 0 aliphatic rings. The second-order valence-electron chi connectivity index (χ2n) is 0.864. The summed E-state index contributed by atoms with van der Waals surface area (Å²) in [4.78, 5) is 0. The first-order valence-electron chi connectivity index (χ1n) is 1.72. The van der Waals surface area contributed by atoms with Crippen LogP contribution in [0.3, 0.4) is 0 Å². The van der Waals surface area contributed by atoms with Crippen LogP contribution in [-0.4, -0.2) is 18.9 Å². The molecule has 0 atom stereocenters. The first-order chi connectivity index (χ1) is 2.41. The van der Waals surface area contributed by atoms with Crippen LogP contribution in [0.1, 0.15) is 13.3 Å². The van der Waals surface area contributed by atoms with E-state index in [9.17, 15) is 0 Å². The molecule has 0 aromatic heterocycles. The molecule has 0 amide bonds. The Bertz CT molecular complexity index is 15.0. The van der Waals surface area contributed by atoms with Gasteiger partial charge in [0.05, 0.1) is 0 Å². The molecule has 0 heterocycles. The van der Waals surface area contributed by atoms with Gasteiger partial charge in [-0.15, -0.1) is 0 Å². The monoisotopic (exact) mass is 129 g/mol. The Kier molecular flexibility index (Phi) is 16.0. The van der Waals surface area contributed by atoms with Crippen molar-refractivity contribution in [3.05, 3.63) is 0 Å². The molecule has 0 radical (unpaired) electrons. The van der Waals surface area contributed by atoms with Crippen LogP contribution < -0.4 is 0 Å². The molecule has 0 saturated heterocycles. The van der Waals surface area contributed by atoms with Crippen LogP contribution in [0.4, 0.5) is 0 Å². The SMILES string of the molecule is CC[CH2][Cu][CH3].[LiH]. The summed E-state index contributed by atoms with van der Waals surface area (Å²) in [7, 11) is 0. The van der Waals surface area contributed by atoms with Gasteiger partial charge in [-0.25, -0.2) is 0 Å². The van der Waals surface area contributed by atoms with E-state index in [4.69, 9.17) is 0 Å². The second-order valence-corrected chi connectivity index (χ2v) is 2.00. The van der Waals surface area contributed by atoms with Gasteiger partial charge in [0.2, 0.25) is 0 Å². The maximum atomic E-state index is 2.19. The van der Waals surface area contributed by atoms with Gasteiger partial charge in [0.25, 0.3) is 0 Å². The molecule has 0 rings (SSSR count). The molecule has 39 valence electrons. The van der Waals surface area contributed by atoms with Crippen molar-refractivity contribution >= 4 is 18.9 Å². The van der Waals surface area contributed by atoms with Crippen molar-refractivity contribution in [2.24, 2.45) is 0 Å². The molecule has 0 aromatic rings. The summed E-state index contributed by atoms with van der Waals surface area (Å²) >= 11 is 1.97. The molecule has 6 heavy (non-hydrogen) atoms. The van der Waals surface area contributed by atoms with Gasteiger partial charge in [-0.2, -0.15) is 0 Å². The van der Waals surface area contributed by atoms with E-state index < -0.39 is 0 Å². The van der Waals surface area contributed by atoms with E-state index in [0.29, 0.717) is 0 Å². The van der Waals surface area contributed by atoms with E-state index in [1.54, 1.807) is 0 Å². The molecule has 0 spiro atoms. The van der Waals surface area contributed by atoms with Crippen LogP contribution in [0.5, 0.6) is 0 Å². The molecule has 0 fully saturated rings. The Labute approximate surface area is 58.4 Å². The third kappa shape index (κ3) is 8.93. The summed E-state index contributed by atoms with van der Waals surface area (Å²) in [5, 5.41) is 1.30. The fourth-order valence-electron chi connectivity index (χ4n) is 0.151. The topological polar surface area (TPSA) is 0 Å². The van der Waals surface area contributed by atoms with Crippen molar-refractivity contribution in [3.63, 3.8) is 0 Å². The summed E-state index contributed by atoms with van der Waals surface area (Å²) in [6.07, 6.45) is 1.30. The molecule has 0 bridgehead atoms. The van der Waals surface area contributed by atoms with Gasteiger partial charge in [0.15, 0.2) is 0 Å². The third-order valence-electron chi connectivity index (χ3n) is 0.302. The zero-order valence-corrected chi connectivity index (χ0v) is 4.66. The molecule has 0 aromatic carbocycles. The van der Waals surface area contributed by atoms with Crippen LogP contribution in [0.25, 0.3) is 0 Å². The normalized spacial score (nSPS) is 7.67. The third-order valence-corrected chi connectivity index (χ3v) is 1.24. The van der Waals surface area contributed by atoms with Gasteiger partial charge >= 0.3 is 58.3 Å². The van der Waals surface area contributed by atoms with Gasteiger partial charge in [-0.05, 0) is 0 Å². The molecule has 0 saturated carbocycles. The Morgan fingerprint density at radius 2 is 2.00 bits per heavy atom. The Morgan fingerprint density at radius 1 is 1.50 bits per heavy atom. The second kappa shape index (κ2) is 9.45. The van der Waals surface area contributed by atoms with E-state index in [2.05, 4.69) is 12.7 Å². The molecule has 0 N–H and O–H groups in total. The van der Waals surface area contributed by atoms with E-state index in [1.165, 1.54) is 11.7 Å². The summed E-state index contributed by atoms with van der Waals surface area (Å²) in [6.45, 7) is 2.19. The first-order valence-corrected chi connectivity index (χ1v) is 3.33. The van der Waals surface area contributed by atoms with Gasteiger partial charge in [-0.1, -0.05) is 0 Å². The van der Waals surface area contributed by atoms with E-state index in [0.717, 1.165) is 0 Å². The molecule has 0 aliphatic carbocycles. The average molecular weight is 130 g/mol. The summed E-state index contributed by atoms with van der Waals surface area (Å²) in [5.41, 5.74) is 0. The number of hydrogen-bond acceptors (Lipinski definition) is 0. The minimum absolute atomic E-state index is 0. The van der Waals surface area contributed by atoms with E-state index >= 15 is 0 Å². The predicted octanol–water partition coefficient (Wildman–Crippen LogP) is 1.30. The fourth-order valence-corrected chi connectivity index (χ4v) is 0.622. The van der Waals surface area contributed by atoms with Crippen molar-refractivity contribution in [3.8, 4) is 0 Å². The Balaban J connectivity index is 0. The summed E-state index contributed by atoms with van der Waals surface area (Å²) in [5.74, 6) is 2.12. The first kappa shape index (κ1) is 10.2. The van der Waals surface area contributed by atoms with Crippen LogP contribution in [-0.2, 0) is 15.0 Å². The van der Waals surface area contributed by atoms with Gasteiger partial charge in [-0.3, -0.25) is 0 Å². The van der Waals surface area contributed by atoms with Crippen molar-refractivity contribution in [1.82, 2.24) is 0 Å². The molecule has 0 aliphatic heterocycles. The number of rotatable bonds is 2. The van der Waals surface area contributed by atoms with Crippen molar-refractivity contribution < 1.29 is 15.0 Å². The quantitative estimate of drug-likeness (QED) is 0.493. The maximum absolute atomic E-state index is 2.19. The zero-order chi connectivity index (χ0) is 4.12. The van der Waals surface area contributed by atoms with E-state index in [1.807, 2.05) is 15.0 Å². The standard InChI is InChI=1S/C3H7.CH3.Cu.Li.H/c1-3-2;;;;/h1,3H2,2H3;1H3;;;. The summed E-state index contributed by atoms with van der Waals surface area (Å²) in [6, 6.07) is 0.